The molecular formula is C64H108O6. The molecule has 70 heavy (non-hydrogen) atoms. The van der Waals surface area contributed by atoms with E-state index >= 15 is 0 Å². The van der Waals surface area contributed by atoms with Crippen molar-refractivity contribution >= 4 is 17.9 Å². The lowest BCUT2D eigenvalue weighted by molar-refractivity contribution is -0.167. The number of unbranched alkanes of at least 4 members (excludes halogenated alkanes) is 25. The normalized spacial score (nSPS) is 12.8. The molecule has 0 rings (SSSR count). The van der Waals surface area contributed by atoms with Crippen LogP contribution in [0.1, 0.15) is 271 Å². The zero-order chi connectivity index (χ0) is 50.7. The molecule has 0 spiro atoms. The van der Waals surface area contributed by atoms with Crippen molar-refractivity contribution in [1.29, 1.82) is 0 Å². The summed E-state index contributed by atoms with van der Waals surface area (Å²) >= 11 is 0. The quantitative estimate of drug-likeness (QED) is 0.0262. The van der Waals surface area contributed by atoms with Gasteiger partial charge in [-0.25, -0.2) is 0 Å². The minimum Gasteiger partial charge on any atom is -0.462 e. The topological polar surface area (TPSA) is 78.9 Å². The van der Waals surface area contributed by atoms with E-state index in [1.54, 1.807) is 0 Å². The molecule has 0 aromatic rings. The first-order valence-corrected chi connectivity index (χ1v) is 29.2. The lowest BCUT2D eigenvalue weighted by atomic mass is 10.1. The van der Waals surface area contributed by atoms with Crippen molar-refractivity contribution in [3.8, 4) is 0 Å². The van der Waals surface area contributed by atoms with Gasteiger partial charge in [0.1, 0.15) is 13.2 Å². The maximum Gasteiger partial charge on any atom is 0.306 e. The fourth-order valence-corrected chi connectivity index (χ4v) is 7.95. The van der Waals surface area contributed by atoms with Gasteiger partial charge < -0.3 is 14.2 Å². The van der Waals surface area contributed by atoms with E-state index < -0.39 is 6.10 Å². The second-order valence-corrected chi connectivity index (χ2v) is 19.2. The molecular weight excluding hydrogens is 865 g/mol. The molecule has 0 bridgehead atoms. The first-order chi connectivity index (χ1) is 34.5. The number of hydrogen-bond donors (Lipinski definition) is 0. The van der Waals surface area contributed by atoms with Crippen LogP contribution in [0.5, 0.6) is 0 Å². The van der Waals surface area contributed by atoms with E-state index in [0.29, 0.717) is 19.3 Å². The van der Waals surface area contributed by atoms with Gasteiger partial charge in [0, 0.05) is 19.3 Å². The average Bonchev–Trinajstić information content (AvgIpc) is 3.36. The number of carbonyl (C=O) groups is 3. The number of ether oxygens (including phenoxy) is 3. The van der Waals surface area contributed by atoms with Crippen LogP contribution < -0.4 is 0 Å². The molecule has 0 radical (unpaired) electrons. The highest BCUT2D eigenvalue weighted by atomic mass is 16.6. The van der Waals surface area contributed by atoms with Gasteiger partial charge >= 0.3 is 17.9 Å². The molecule has 0 saturated heterocycles. The Hall–Kier alpha value is -3.67. The lowest BCUT2D eigenvalue weighted by Crippen LogP contribution is -2.30. The summed E-state index contributed by atoms with van der Waals surface area (Å²) in [6.07, 6.45) is 77.1. The maximum atomic E-state index is 12.8. The summed E-state index contributed by atoms with van der Waals surface area (Å²) < 4.78 is 16.8. The Bertz CT molecular complexity index is 1400. The fourth-order valence-electron chi connectivity index (χ4n) is 7.95. The molecule has 0 aromatic heterocycles. The smallest absolute Gasteiger partial charge is 0.306 e. The zero-order valence-corrected chi connectivity index (χ0v) is 45.8. The highest BCUT2D eigenvalue weighted by Gasteiger charge is 2.19. The van der Waals surface area contributed by atoms with Gasteiger partial charge in [-0.05, 0) is 103 Å². The molecule has 0 aliphatic heterocycles. The van der Waals surface area contributed by atoms with Crippen molar-refractivity contribution in [1.82, 2.24) is 0 Å². The fraction of sp³-hybridized carbons (Fsp3) is 0.703. The molecule has 0 aliphatic carbocycles. The van der Waals surface area contributed by atoms with Crippen LogP contribution in [0.4, 0.5) is 0 Å². The molecule has 0 aromatic carbocycles. The van der Waals surface area contributed by atoms with Crippen LogP contribution in [0.15, 0.2) is 97.2 Å². The molecule has 1 unspecified atom stereocenters. The van der Waals surface area contributed by atoms with Crippen LogP contribution in [-0.2, 0) is 28.6 Å². The molecule has 1 atom stereocenters. The number of hydrogen-bond acceptors (Lipinski definition) is 6. The molecule has 6 nitrogen and oxygen atoms in total. The van der Waals surface area contributed by atoms with Gasteiger partial charge in [-0.15, -0.1) is 0 Å². The Kier molecular flexibility index (Phi) is 54.9. The SMILES string of the molecule is CC/C=C\C/C=C\C/C=C\C/C=C\C/C=C\C/C=C\CCCCCCCCC(=O)OCC(COC(=O)CCCCCCCC)OC(=O)CCCCCCCCCCC/C=C\C/C=C\CCCCCCC. The number of rotatable bonds is 52. The van der Waals surface area contributed by atoms with Gasteiger partial charge in [0.05, 0.1) is 0 Å². The first-order valence-electron chi connectivity index (χ1n) is 29.2. The minimum absolute atomic E-state index is 0.0841. The van der Waals surface area contributed by atoms with Crippen LogP contribution in [0.25, 0.3) is 0 Å². The summed E-state index contributed by atoms with van der Waals surface area (Å²) in [4.78, 5) is 37.9. The van der Waals surface area contributed by atoms with E-state index in [1.165, 1.54) is 116 Å². The van der Waals surface area contributed by atoms with Crippen LogP contribution in [0.3, 0.4) is 0 Å². The third-order valence-corrected chi connectivity index (χ3v) is 12.3. The summed E-state index contributed by atoms with van der Waals surface area (Å²) in [6.45, 7) is 6.45. The van der Waals surface area contributed by atoms with Crippen molar-refractivity contribution < 1.29 is 28.6 Å². The zero-order valence-electron chi connectivity index (χ0n) is 45.8. The van der Waals surface area contributed by atoms with E-state index in [9.17, 15) is 14.4 Å². The predicted molar refractivity (Wildman–Crippen MR) is 302 cm³/mol. The van der Waals surface area contributed by atoms with Crippen molar-refractivity contribution in [3.05, 3.63) is 97.2 Å². The highest BCUT2D eigenvalue weighted by molar-refractivity contribution is 5.71. The molecule has 6 heteroatoms. The molecule has 0 aliphatic rings. The van der Waals surface area contributed by atoms with Crippen molar-refractivity contribution in [3.63, 3.8) is 0 Å². The number of esters is 3. The molecule has 400 valence electrons. The third kappa shape index (κ3) is 55.3. The second kappa shape index (κ2) is 57.9. The van der Waals surface area contributed by atoms with Gasteiger partial charge in [0.2, 0.25) is 0 Å². The Morgan fingerprint density at radius 2 is 0.557 bits per heavy atom. The number of allylic oxidation sites excluding steroid dienone is 16. The molecule has 0 heterocycles. The van der Waals surface area contributed by atoms with Gasteiger partial charge in [-0.1, -0.05) is 246 Å². The largest absolute Gasteiger partial charge is 0.462 e. The Labute approximate surface area is 432 Å². The lowest BCUT2D eigenvalue weighted by Gasteiger charge is -2.18. The first kappa shape index (κ1) is 66.3. The van der Waals surface area contributed by atoms with E-state index in [-0.39, 0.29) is 31.1 Å². The summed E-state index contributed by atoms with van der Waals surface area (Å²) in [7, 11) is 0. The van der Waals surface area contributed by atoms with E-state index in [4.69, 9.17) is 14.2 Å². The van der Waals surface area contributed by atoms with Crippen LogP contribution in [0.2, 0.25) is 0 Å². The summed E-state index contributed by atoms with van der Waals surface area (Å²) in [6, 6.07) is 0. The molecule has 0 N–H and O–H groups in total. The van der Waals surface area contributed by atoms with Crippen molar-refractivity contribution in [2.45, 2.75) is 277 Å². The van der Waals surface area contributed by atoms with E-state index in [1.807, 2.05) is 0 Å². The Morgan fingerprint density at radius 3 is 0.871 bits per heavy atom. The monoisotopic (exact) mass is 973 g/mol. The Morgan fingerprint density at radius 1 is 0.300 bits per heavy atom. The predicted octanol–water partition coefficient (Wildman–Crippen LogP) is 19.7. The van der Waals surface area contributed by atoms with E-state index in [0.717, 1.165) is 116 Å². The average molecular weight is 974 g/mol. The highest BCUT2D eigenvalue weighted by Crippen LogP contribution is 2.15. The van der Waals surface area contributed by atoms with Crippen LogP contribution in [0, 0.1) is 0 Å². The van der Waals surface area contributed by atoms with Crippen molar-refractivity contribution in [2.24, 2.45) is 0 Å². The second-order valence-electron chi connectivity index (χ2n) is 19.2. The van der Waals surface area contributed by atoms with Gasteiger partial charge in [-0.3, -0.25) is 14.4 Å². The van der Waals surface area contributed by atoms with Gasteiger partial charge in [0.25, 0.3) is 0 Å². The van der Waals surface area contributed by atoms with Crippen molar-refractivity contribution in [2.75, 3.05) is 13.2 Å². The Balaban J connectivity index is 4.20. The summed E-state index contributed by atoms with van der Waals surface area (Å²) in [5.74, 6) is -0.910. The molecule has 0 saturated carbocycles. The summed E-state index contributed by atoms with van der Waals surface area (Å²) in [5, 5.41) is 0. The third-order valence-electron chi connectivity index (χ3n) is 12.3. The summed E-state index contributed by atoms with van der Waals surface area (Å²) in [5.41, 5.74) is 0. The minimum atomic E-state index is -0.784. The standard InChI is InChI=1S/C64H108O6/c1-4-7-10-13-16-18-20-22-24-26-28-30-31-32-33-35-36-38-40-42-44-46-48-51-54-57-63(66)69-60-61(59-68-62(65)56-53-50-15-12-9-6-3)70-64(67)58-55-52-49-47-45-43-41-39-37-34-29-27-25-23-21-19-17-14-11-8-5-2/h7,10,16,18,21-24,27-30,32-33,36,38,61H,4-6,8-9,11-15,17,19-20,25-26,31,34-35,37,39-60H2,1-3H3/b10-7-,18-16-,23-21-,24-22-,29-27-,30-28-,33-32-,38-36-. The molecule has 0 amide bonds. The van der Waals surface area contributed by atoms with Gasteiger partial charge in [-0.2, -0.15) is 0 Å². The maximum absolute atomic E-state index is 12.8. The van der Waals surface area contributed by atoms with Gasteiger partial charge in [0.15, 0.2) is 6.10 Å². The van der Waals surface area contributed by atoms with Crippen LogP contribution >= 0.6 is 0 Å². The van der Waals surface area contributed by atoms with Crippen LogP contribution in [-0.4, -0.2) is 37.2 Å². The number of carbonyl (C=O) groups excluding carboxylic acids is 3. The molecule has 0 fully saturated rings. The van der Waals surface area contributed by atoms with E-state index in [2.05, 4.69) is 118 Å².